The highest BCUT2D eigenvalue weighted by molar-refractivity contribution is 5.20. The lowest BCUT2D eigenvalue weighted by Gasteiger charge is -2.25. The van der Waals surface area contributed by atoms with Gasteiger partial charge in [-0.25, -0.2) is 4.39 Å². The Morgan fingerprint density at radius 3 is 2.95 bits per heavy atom. The molecule has 0 bridgehead atoms. The minimum Gasteiger partial charge on any atom is -0.376 e. The van der Waals surface area contributed by atoms with Crippen LogP contribution < -0.4 is 5.32 Å². The van der Waals surface area contributed by atoms with Gasteiger partial charge in [0.2, 0.25) is 0 Å². The Morgan fingerprint density at radius 2 is 2.26 bits per heavy atom. The van der Waals surface area contributed by atoms with Gasteiger partial charge in [0.25, 0.3) is 0 Å². The zero-order valence-electron chi connectivity index (χ0n) is 11.4. The molecule has 0 radical (unpaired) electrons. The molecule has 19 heavy (non-hydrogen) atoms. The highest BCUT2D eigenvalue weighted by Gasteiger charge is 2.19. The Kier molecular flexibility index (Phi) is 5.76. The zero-order valence-corrected chi connectivity index (χ0v) is 11.4. The third kappa shape index (κ3) is 4.27. The first-order chi connectivity index (χ1) is 9.31. The maximum absolute atomic E-state index is 13.8. The lowest BCUT2D eigenvalue weighted by molar-refractivity contribution is -0.0636. The number of hydrogen-bond acceptors (Lipinski definition) is 3. The molecule has 0 amide bonds. The van der Waals surface area contributed by atoms with Crippen molar-refractivity contribution in [1.82, 2.24) is 5.32 Å². The fourth-order valence-corrected chi connectivity index (χ4v) is 2.34. The molecule has 2 atom stereocenters. The van der Waals surface area contributed by atoms with Crippen molar-refractivity contribution in [1.29, 1.82) is 0 Å². The van der Waals surface area contributed by atoms with Crippen LogP contribution in [0.1, 0.15) is 30.9 Å². The molecule has 1 heterocycles. The molecule has 1 N–H and O–H groups in total. The highest BCUT2D eigenvalue weighted by atomic mass is 19.1. The van der Waals surface area contributed by atoms with Crippen LogP contribution in [0.25, 0.3) is 0 Å². The smallest absolute Gasteiger partial charge is 0.129 e. The molecule has 1 aliphatic rings. The average molecular weight is 267 g/mol. The van der Waals surface area contributed by atoms with Gasteiger partial charge in [0.1, 0.15) is 5.82 Å². The Hall–Kier alpha value is -0.970. The zero-order chi connectivity index (χ0) is 13.5. The standard InChI is InChI=1S/C15H22FNO2/c1-17-10-15(13-7-2-3-8-14(13)16)19-11-12-6-4-5-9-18-12/h2-3,7-8,12,15,17H,4-6,9-11H2,1H3. The Balaban J connectivity index is 1.94. The second kappa shape index (κ2) is 7.58. The van der Waals surface area contributed by atoms with Crippen LogP contribution in [0.2, 0.25) is 0 Å². The van der Waals surface area contributed by atoms with Crippen molar-refractivity contribution in [2.75, 3.05) is 26.8 Å². The second-order valence-corrected chi connectivity index (χ2v) is 4.89. The largest absolute Gasteiger partial charge is 0.376 e. The molecule has 1 saturated heterocycles. The fraction of sp³-hybridized carbons (Fsp3) is 0.600. The molecule has 1 aliphatic heterocycles. The Morgan fingerprint density at radius 1 is 1.42 bits per heavy atom. The summed E-state index contributed by atoms with van der Waals surface area (Å²) < 4.78 is 25.3. The molecule has 106 valence electrons. The molecule has 3 nitrogen and oxygen atoms in total. The average Bonchev–Trinajstić information content (AvgIpc) is 2.45. The van der Waals surface area contributed by atoms with Gasteiger partial charge in [-0.3, -0.25) is 0 Å². The van der Waals surface area contributed by atoms with E-state index < -0.39 is 0 Å². The number of nitrogens with one attached hydrogen (secondary N) is 1. The summed E-state index contributed by atoms with van der Waals surface area (Å²) in [6.45, 7) is 1.93. The second-order valence-electron chi connectivity index (χ2n) is 4.89. The predicted octanol–water partition coefficient (Wildman–Crippen LogP) is 2.67. The van der Waals surface area contributed by atoms with Crippen molar-refractivity contribution in [2.45, 2.75) is 31.5 Å². The first-order valence-electron chi connectivity index (χ1n) is 6.93. The molecular formula is C15H22FNO2. The first kappa shape index (κ1) is 14.4. The van der Waals surface area contributed by atoms with Crippen LogP contribution in [0.5, 0.6) is 0 Å². The number of ether oxygens (including phenoxy) is 2. The summed E-state index contributed by atoms with van der Waals surface area (Å²) >= 11 is 0. The quantitative estimate of drug-likeness (QED) is 0.859. The highest BCUT2D eigenvalue weighted by Crippen LogP contribution is 2.22. The fourth-order valence-electron chi connectivity index (χ4n) is 2.34. The SMILES string of the molecule is CNCC(OCC1CCCCO1)c1ccccc1F. The van der Waals surface area contributed by atoms with Crippen molar-refractivity contribution in [3.63, 3.8) is 0 Å². The monoisotopic (exact) mass is 267 g/mol. The van der Waals surface area contributed by atoms with E-state index in [1.807, 2.05) is 13.1 Å². The molecule has 1 aromatic rings. The van der Waals surface area contributed by atoms with E-state index in [2.05, 4.69) is 5.32 Å². The number of benzene rings is 1. The van der Waals surface area contributed by atoms with Crippen LogP contribution in [0, 0.1) is 5.82 Å². The van der Waals surface area contributed by atoms with E-state index in [1.165, 1.54) is 12.5 Å². The van der Waals surface area contributed by atoms with Crippen molar-refractivity contribution >= 4 is 0 Å². The molecule has 2 unspecified atom stereocenters. The van der Waals surface area contributed by atoms with Crippen LogP contribution in [-0.2, 0) is 9.47 Å². The maximum Gasteiger partial charge on any atom is 0.129 e. The first-order valence-corrected chi connectivity index (χ1v) is 6.93. The summed E-state index contributed by atoms with van der Waals surface area (Å²) in [7, 11) is 1.84. The summed E-state index contributed by atoms with van der Waals surface area (Å²) in [6.07, 6.45) is 3.23. The molecule has 0 aromatic heterocycles. The summed E-state index contributed by atoms with van der Waals surface area (Å²) in [5, 5.41) is 3.05. The minimum atomic E-state index is -0.267. The summed E-state index contributed by atoms with van der Waals surface area (Å²) in [5.41, 5.74) is 0.604. The molecule has 1 aromatic carbocycles. The summed E-state index contributed by atoms with van der Waals surface area (Å²) in [5.74, 6) is -0.215. The van der Waals surface area contributed by atoms with Gasteiger partial charge in [0.05, 0.1) is 18.8 Å². The van der Waals surface area contributed by atoms with Gasteiger partial charge in [-0.2, -0.15) is 0 Å². The van der Waals surface area contributed by atoms with Crippen molar-refractivity contribution in [2.24, 2.45) is 0 Å². The third-order valence-corrected chi connectivity index (χ3v) is 3.40. The molecule has 2 rings (SSSR count). The Labute approximate surface area is 114 Å². The molecular weight excluding hydrogens is 245 g/mol. The molecule has 1 fully saturated rings. The number of hydrogen-bond donors (Lipinski definition) is 1. The van der Waals surface area contributed by atoms with E-state index >= 15 is 0 Å². The van der Waals surface area contributed by atoms with Gasteiger partial charge in [0.15, 0.2) is 0 Å². The number of halogens is 1. The van der Waals surface area contributed by atoms with Crippen LogP contribution in [0.4, 0.5) is 4.39 Å². The molecule has 0 saturated carbocycles. The van der Waals surface area contributed by atoms with Crippen molar-refractivity contribution in [3.8, 4) is 0 Å². The lowest BCUT2D eigenvalue weighted by Crippen LogP contribution is -2.28. The van der Waals surface area contributed by atoms with Gasteiger partial charge in [-0.1, -0.05) is 18.2 Å². The van der Waals surface area contributed by atoms with Gasteiger partial charge in [-0.05, 0) is 32.4 Å². The Bertz CT molecular complexity index is 380. The van der Waals surface area contributed by atoms with E-state index in [0.717, 1.165) is 19.4 Å². The number of rotatable bonds is 6. The maximum atomic E-state index is 13.8. The van der Waals surface area contributed by atoms with E-state index in [1.54, 1.807) is 12.1 Å². The lowest BCUT2D eigenvalue weighted by atomic mass is 10.1. The minimum absolute atomic E-state index is 0.153. The van der Waals surface area contributed by atoms with Gasteiger partial charge < -0.3 is 14.8 Å². The van der Waals surface area contributed by atoms with Crippen LogP contribution in [0.15, 0.2) is 24.3 Å². The predicted molar refractivity (Wildman–Crippen MR) is 72.6 cm³/mol. The van der Waals surface area contributed by atoms with Crippen LogP contribution in [0.3, 0.4) is 0 Å². The van der Waals surface area contributed by atoms with Gasteiger partial charge >= 0.3 is 0 Å². The molecule has 0 aliphatic carbocycles. The summed E-state index contributed by atoms with van der Waals surface area (Å²) in [6, 6.07) is 6.78. The van der Waals surface area contributed by atoms with Crippen LogP contribution in [-0.4, -0.2) is 32.9 Å². The van der Waals surface area contributed by atoms with Crippen LogP contribution >= 0.6 is 0 Å². The molecule has 0 spiro atoms. The normalized spacial score (nSPS) is 21.3. The number of likely N-dealkylation sites (N-methyl/N-ethyl adjacent to an activating group) is 1. The van der Waals surface area contributed by atoms with E-state index in [9.17, 15) is 4.39 Å². The third-order valence-electron chi connectivity index (χ3n) is 3.40. The molecule has 4 heteroatoms. The van der Waals surface area contributed by atoms with Crippen molar-refractivity contribution in [3.05, 3.63) is 35.6 Å². The van der Waals surface area contributed by atoms with E-state index in [-0.39, 0.29) is 18.0 Å². The van der Waals surface area contributed by atoms with E-state index in [4.69, 9.17) is 9.47 Å². The van der Waals surface area contributed by atoms with Gasteiger partial charge in [0, 0.05) is 18.7 Å². The van der Waals surface area contributed by atoms with E-state index in [0.29, 0.717) is 18.7 Å². The van der Waals surface area contributed by atoms with Gasteiger partial charge in [-0.15, -0.1) is 0 Å². The summed E-state index contributed by atoms with van der Waals surface area (Å²) in [4.78, 5) is 0. The van der Waals surface area contributed by atoms with Crippen molar-refractivity contribution < 1.29 is 13.9 Å². The topological polar surface area (TPSA) is 30.5 Å².